The fourth-order valence-electron chi connectivity index (χ4n) is 4.07. The van der Waals surface area contributed by atoms with Gasteiger partial charge in [-0.3, -0.25) is 9.59 Å². The molecule has 30 heavy (non-hydrogen) atoms. The predicted molar refractivity (Wildman–Crippen MR) is 119 cm³/mol. The molecular formula is C26H26N2O2. The highest BCUT2D eigenvalue weighted by molar-refractivity contribution is 6.00. The van der Waals surface area contributed by atoms with Gasteiger partial charge in [0.1, 0.15) is 0 Å². The van der Waals surface area contributed by atoms with Crippen LogP contribution in [0.2, 0.25) is 0 Å². The molecule has 1 aliphatic rings. The van der Waals surface area contributed by atoms with Crippen molar-refractivity contribution >= 4 is 17.5 Å². The van der Waals surface area contributed by atoms with Gasteiger partial charge in [-0.2, -0.15) is 0 Å². The van der Waals surface area contributed by atoms with Crippen molar-refractivity contribution in [3.63, 3.8) is 0 Å². The minimum absolute atomic E-state index is 0.00317. The SMILES string of the molecule is Cc1cccc(N2C[C@H](C(=O)NCC(c3ccccc3)c3ccccc3)CC2=O)c1. The molecule has 3 aromatic carbocycles. The summed E-state index contributed by atoms with van der Waals surface area (Å²) in [4.78, 5) is 27.2. The van der Waals surface area contributed by atoms with Crippen molar-refractivity contribution in [1.29, 1.82) is 0 Å². The molecule has 3 aromatic rings. The first-order valence-electron chi connectivity index (χ1n) is 10.4. The van der Waals surface area contributed by atoms with E-state index in [1.165, 1.54) is 0 Å². The molecule has 1 heterocycles. The van der Waals surface area contributed by atoms with E-state index >= 15 is 0 Å². The first-order valence-corrected chi connectivity index (χ1v) is 10.4. The molecule has 0 radical (unpaired) electrons. The molecule has 0 saturated carbocycles. The molecule has 4 heteroatoms. The molecule has 0 unspecified atom stereocenters. The van der Waals surface area contributed by atoms with Crippen LogP contribution in [-0.2, 0) is 9.59 Å². The average Bonchev–Trinajstić information content (AvgIpc) is 3.17. The van der Waals surface area contributed by atoms with E-state index in [1.54, 1.807) is 4.90 Å². The number of rotatable bonds is 6. The zero-order valence-corrected chi connectivity index (χ0v) is 17.1. The molecule has 4 nitrogen and oxygen atoms in total. The number of carbonyl (C=O) groups is 2. The van der Waals surface area contributed by atoms with Crippen LogP contribution >= 0.6 is 0 Å². The fraction of sp³-hybridized carbons (Fsp3) is 0.231. The van der Waals surface area contributed by atoms with Crippen LogP contribution in [0.3, 0.4) is 0 Å². The van der Waals surface area contributed by atoms with Crippen molar-refractivity contribution in [2.45, 2.75) is 19.3 Å². The summed E-state index contributed by atoms with van der Waals surface area (Å²) in [5.41, 5.74) is 4.28. The Balaban J connectivity index is 1.45. The number of carbonyl (C=O) groups excluding carboxylic acids is 2. The Labute approximate surface area is 177 Å². The third-order valence-corrected chi connectivity index (χ3v) is 5.69. The maximum atomic E-state index is 12.9. The minimum Gasteiger partial charge on any atom is -0.355 e. The molecule has 2 amide bonds. The molecule has 1 aliphatic heterocycles. The lowest BCUT2D eigenvalue weighted by molar-refractivity contribution is -0.126. The number of aryl methyl sites for hydroxylation is 1. The van der Waals surface area contributed by atoms with Gasteiger partial charge in [-0.05, 0) is 35.7 Å². The van der Waals surface area contributed by atoms with Crippen LogP contribution in [0, 0.1) is 12.8 Å². The van der Waals surface area contributed by atoms with Gasteiger partial charge in [0.25, 0.3) is 0 Å². The van der Waals surface area contributed by atoms with Gasteiger partial charge in [0, 0.05) is 31.1 Å². The summed E-state index contributed by atoms with van der Waals surface area (Å²) in [6.45, 7) is 2.93. The van der Waals surface area contributed by atoms with Crippen LogP contribution < -0.4 is 10.2 Å². The number of hydrogen-bond acceptors (Lipinski definition) is 2. The van der Waals surface area contributed by atoms with Crippen LogP contribution in [0.15, 0.2) is 84.9 Å². The Morgan fingerprint density at radius 3 is 2.20 bits per heavy atom. The second-order valence-corrected chi connectivity index (χ2v) is 7.86. The lowest BCUT2D eigenvalue weighted by Gasteiger charge is -2.20. The highest BCUT2D eigenvalue weighted by Crippen LogP contribution is 2.27. The van der Waals surface area contributed by atoms with Crippen LogP contribution in [0.1, 0.15) is 29.0 Å². The van der Waals surface area contributed by atoms with Crippen molar-refractivity contribution in [2.24, 2.45) is 5.92 Å². The average molecular weight is 399 g/mol. The first-order chi connectivity index (χ1) is 14.6. The standard InChI is InChI=1S/C26H26N2O2/c1-19-9-8-14-23(15-19)28-18-22(16-25(28)29)26(30)27-17-24(20-10-4-2-5-11-20)21-12-6-3-7-13-21/h2-15,22,24H,16-18H2,1H3,(H,27,30)/t22-/m1/s1. The molecule has 1 N–H and O–H groups in total. The first kappa shape index (κ1) is 19.9. The number of nitrogens with one attached hydrogen (secondary N) is 1. The molecule has 1 fully saturated rings. The summed E-state index contributed by atoms with van der Waals surface area (Å²) in [6, 6.07) is 28.2. The predicted octanol–water partition coefficient (Wildman–Crippen LogP) is 4.30. The number of benzene rings is 3. The topological polar surface area (TPSA) is 49.4 Å². The fourth-order valence-corrected chi connectivity index (χ4v) is 4.07. The maximum absolute atomic E-state index is 12.9. The molecule has 0 bridgehead atoms. The monoisotopic (exact) mass is 398 g/mol. The maximum Gasteiger partial charge on any atom is 0.227 e. The summed E-state index contributed by atoms with van der Waals surface area (Å²) in [5, 5.41) is 3.11. The normalized spacial score (nSPS) is 16.1. The van der Waals surface area contributed by atoms with Crippen molar-refractivity contribution in [2.75, 3.05) is 18.0 Å². The molecular weight excluding hydrogens is 372 g/mol. The Morgan fingerprint density at radius 1 is 0.967 bits per heavy atom. The second-order valence-electron chi connectivity index (χ2n) is 7.86. The van der Waals surface area contributed by atoms with E-state index in [0.717, 1.165) is 22.4 Å². The third kappa shape index (κ3) is 4.43. The zero-order valence-electron chi connectivity index (χ0n) is 17.1. The van der Waals surface area contributed by atoms with Crippen LogP contribution in [0.5, 0.6) is 0 Å². The number of anilines is 1. The van der Waals surface area contributed by atoms with Gasteiger partial charge in [0.05, 0.1) is 5.92 Å². The smallest absolute Gasteiger partial charge is 0.227 e. The van der Waals surface area contributed by atoms with E-state index in [4.69, 9.17) is 0 Å². The second kappa shape index (κ2) is 8.95. The molecule has 4 rings (SSSR count). The Kier molecular flexibility index (Phi) is 5.94. The van der Waals surface area contributed by atoms with Gasteiger partial charge in [-0.15, -0.1) is 0 Å². The van der Waals surface area contributed by atoms with Gasteiger partial charge in [0.15, 0.2) is 0 Å². The van der Waals surface area contributed by atoms with Gasteiger partial charge < -0.3 is 10.2 Å². The third-order valence-electron chi connectivity index (χ3n) is 5.69. The number of nitrogens with zero attached hydrogens (tertiary/aromatic N) is 1. The van der Waals surface area contributed by atoms with Gasteiger partial charge in [-0.25, -0.2) is 0 Å². The molecule has 0 spiro atoms. The highest BCUT2D eigenvalue weighted by atomic mass is 16.2. The van der Waals surface area contributed by atoms with Gasteiger partial charge in [-0.1, -0.05) is 72.8 Å². The van der Waals surface area contributed by atoms with Crippen LogP contribution in [0.4, 0.5) is 5.69 Å². The molecule has 152 valence electrons. The quantitative estimate of drug-likeness (QED) is 0.673. The minimum atomic E-state index is -0.329. The summed E-state index contributed by atoms with van der Waals surface area (Å²) in [7, 11) is 0. The molecule has 0 aromatic heterocycles. The van der Waals surface area contributed by atoms with E-state index in [1.807, 2.05) is 67.6 Å². The summed E-state index contributed by atoms with van der Waals surface area (Å²) < 4.78 is 0. The van der Waals surface area contributed by atoms with Gasteiger partial charge >= 0.3 is 0 Å². The van der Waals surface area contributed by atoms with E-state index in [-0.39, 0.29) is 30.1 Å². The molecule has 1 atom stereocenters. The zero-order chi connectivity index (χ0) is 20.9. The van der Waals surface area contributed by atoms with E-state index in [9.17, 15) is 9.59 Å². The summed E-state index contributed by atoms with van der Waals surface area (Å²) in [6.07, 6.45) is 0.251. The molecule has 0 aliphatic carbocycles. The number of amides is 2. The van der Waals surface area contributed by atoms with Crippen molar-refractivity contribution in [1.82, 2.24) is 5.32 Å². The lowest BCUT2D eigenvalue weighted by atomic mass is 9.91. The van der Waals surface area contributed by atoms with E-state index in [2.05, 4.69) is 29.6 Å². The highest BCUT2D eigenvalue weighted by Gasteiger charge is 2.35. The van der Waals surface area contributed by atoms with Crippen LogP contribution in [0.25, 0.3) is 0 Å². The van der Waals surface area contributed by atoms with Crippen molar-refractivity contribution in [3.05, 3.63) is 102 Å². The largest absolute Gasteiger partial charge is 0.355 e. The Hall–Kier alpha value is -3.40. The lowest BCUT2D eigenvalue weighted by Crippen LogP contribution is -2.35. The summed E-state index contributed by atoms with van der Waals surface area (Å²) >= 11 is 0. The van der Waals surface area contributed by atoms with Crippen molar-refractivity contribution in [3.8, 4) is 0 Å². The Bertz CT molecular complexity index is 978. The van der Waals surface area contributed by atoms with Crippen molar-refractivity contribution < 1.29 is 9.59 Å². The van der Waals surface area contributed by atoms with E-state index in [0.29, 0.717) is 13.1 Å². The van der Waals surface area contributed by atoms with E-state index < -0.39 is 0 Å². The summed E-state index contributed by atoms with van der Waals surface area (Å²) in [5.74, 6) is -0.315. The van der Waals surface area contributed by atoms with Crippen LogP contribution in [-0.4, -0.2) is 24.9 Å². The van der Waals surface area contributed by atoms with Gasteiger partial charge in [0.2, 0.25) is 11.8 Å². The number of hydrogen-bond donors (Lipinski definition) is 1. The Morgan fingerprint density at radius 2 is 1.60 bits per heavy atom. The molecule has 1 saturated heterocycles.